The van der Waals surface area contributed by atoms with Crippen LogP contribution in [0.3, 0.4) is 0 Å². The number of pyridine rings is 1. The van der Waals surface area contributed by atoms with E-state index in [0.29, 0.717) is 0 Å². The lowest BCUT2D eigenvalue weighted by Gasteiger charge is -2.07. The number of thioether (sulfide) groups is 1. The number of aryl methyl sites for hydroxylation is 1. The van der Waals surface area contributed by atoms with Gasteiger partial charge in [0.1, 0.15) is 0 Å². The van der Waals surface area contributed by atoms with Crippen LogP contribution in [0.15, 0.2) is 17.3 Å². The molecule has 2 nitrogen and oxygen atoms in total. The van der Waals surface area contributed by atoms with Gasteiger partial charge in [-0.3, -0.25) is 0 Å². The Morgan fingerprint density at radius 1 is 1.38 bits per heavy atom. The number of nitrogens with zero attached hydrogens (tertiary/aromatic N) is 1. The Morgan fingerprint density at radius 3 is 2.81 bits per heavy atom. The summed E-state index contributed by atoms with van der Waals surface area (Å²) in [4.78, 5) is 4.53. The Balaban J connectivity index is 2.53. The highest BCUT2D eigenvalue weighted by Crippen LogP contribution is 2.21. The quantitative estimate of drug-likeness (QED) is 0.582. The summed E-state index contributed by atoms with van der Waals surface area (Å²) in [6.07, 6.45) is 4.51. The lowest BCUT2D eigenvalue weighted by Crippen LogP contribution is -2.12. The van der Waals surface area contributed by atoms with E-state index >= 15 is 0 Å². The molecule has 1 heterocycles. The van der Waals surface area contributed by atoms with E-state index in [-0.39, 0.29) is 0 Å². The third-order valence-corrected chi connectivity index (χ3v) is 3.60. The summed E-state index contributed by atoms with van der Waals surface area (Å²) < 4.78 is 0. The molecular weight excluding hydrogens is 216 g/mol. The second kappa shape index (κ2) is 7.69. The molecule has 0 spiro atoms. The molecule has 0 atom stereocenters. The van der Waals surface area contributed by atoms with Crippen molar-refractivity contribution in [2.75, 3.05) is 12.3 Å². The highest BCUT2D eigenvalue weighted by Gasteiger charge is 2.02. The van der Waals surface area contributed by atoms with Crippen LogP contribution >= 0.6 is 11.8 Å². The van der Waals surface area contributed by atoms with E-state index in [9.17, 15) is 0 Å². The number of hydrogen-bond acceptors (Lipinski definition) is 3. The van der Waals surface area contributed by atoms with Gasteiger partial charge in [0.2, 0.25) is 0 Å². The highest BCUT2D eigenvalue weighted by molar-refractivity contribution is 7.99. The molecule has 0 aliphatic carbocycles. The maximum Gasteiger partial charge on any atom is 0.0989 e. The zero-order valence-electron chi connectivity index (χ0n) is 10.5. The van der Waals surface area contributed by atoms with Gasteiger partial charge in [-0.2, -0.15) is 0 Å². The van der Waals surface area contributed by atoms with Crippen LogP contribution in [-0.2, 0) is 6.54 Å². The van der Waals surface area contributed by atoms with Crippen molar-refractivity contribution in [1.82, 2.24) is 10.3 Å². The van der Waals surface area contributed by atoms with Gasteiger partial charge in [-0.15, -0.1) is 11.8 Å². The third kappa shape index (κ3) is 4.54. The summed E-state index contributed by atoms with van der Waals surface area (Å²) in [6, 6.07) is 2.24. The highest BCUT2D eigenvalue weighted by atomic mass is 32.2. The smallest absolute Gasteiger partial charge is 0.0989 e. The van der Waals surface area contributed by atoms with Crippen molar-refractivity contribution in [3.8, 4) is 0 Å². The van der Waals surface area contributed by atoms with Crippen LogP contribution in [0.1, 0.15) is 37.8 Å². The second-order valence-electron chi connectivity index (χ2n) is 3.95. The van der Waals surface area contributed by atoms with Gasteiger partial charge in [0.15, 0.2) is 0 Å². The standard InChI is InChI=1S/C13H22N2S/c1-4-6-7-16-13-11(3)8-12(10-15-13)9-14-5-2/h8,10,14H,4-7,9H2,1-3H3. The fraction of sp³-hybridized carbons (Fsp3) is 0.615. The largest absolute Gasteiger partial charge is 0.313 e. The normalized spacial score (nSPS) is 10.7. The van der Waals surface area contributed by atoms with E-state index in [1.165, 1.54) is 34.7 Å². The lowest BCUT2D eigenvalue weighted by molar-refractivity contribution is 0.721. The topological polar surface area (TPSA) is 24.9 Å². The molecule has 0 bridgehead atoms. The molecule has 1 N–H and O–H groups in total. The van der Waals surface area contributed by atoms with Gasteiger partial charge in [0, 0.05) is 12.7 Å². The zero-order chi connectivity index (χ0) is 11.8. The summed E-state index contributed by atoms with van der Waals surface area (Å²) in [6.45, 7) is 8.42. The van der Waals surface area contributed by atoms with Crippen LogP contribution < -0.4 is 5.32 Å². The summed E-state index contributed by atoms with van der Waals surface area (Å²) >= 11 is 1.87. The van der Waals surface area contributed by atoms with Gasteiger partial charge in [0.05, 0.1) is 5.03 Å². The van der Waals surface area contributed by atoms with E-state index in [1.807, 2.05) is 18.0 Å². The Labute approximate surface area is 103 Å². The SMILES string of the molecule is CCCCSc1ncc(CNCC)cc1C. The van der Waals surface area contributed by atoms with E-state index in [0.717, 1.165) is 13.1 Å². The minimum Gasteiger partial charge on any atom is -0.313 e. The molecule has 0 fully saturated rings. The van der Waals surface area contributed by atoms with Crippen LogP contribution in [-0.4, -0.2) is 17.3 Å². The van der Waals surface area contributed by atoms with Crippen LogP contribution in [0.25, 0.3) is 0 Å². The molecule has 16 heavy (non-hydrogen) atoms. The van der Waals surface area contributed by atoms with Gasteiger partial charge in [-0.1, -0.05) is 26.3 Å². The van der Waals surface area contributed by atoms with Crippen molar-refractivity contribution in [1.29, 1.82) is 0 Å². The number of unbranched alkanes of at least 4 members (excludes halogenated alkanes) is 1. The molecule has 0 saturated heterocycles. The third-order valence-electron chi connectivity index (χ3n) is 2.40. The molecule has 0 aliphatic heterocycles. The van der Waals surface area contributed by atoms with Crippen molar-refractivity contribution in [3.63, 3.8) is 0 Å². The summed E-state index contributed by atoms with van der Waals surface area (Å²) in [5.41, 5.74) is 2.58. The van der Waals surface area contributed by atoms with Gasteiger partial charge < -0.3 is 5.32 Å². The van der Waals surface area contributed by atoms with Crippen LogP contribution in [0.2, 0.25) is 0 Å². The Morgan fingerprint density at radius 2 is 2.19 bits per heavy atom. The van der Waals surface area contributed by atoms with E-state index in [1.54, 1.807) is 0 Å². The number of hydrogen-bond donors (Lipinski definition) is 1. The molecule has 0 amide bonds. The molecule has 0 aromatic carbocycles. The second-order valence-corrected chi connectivity index (χ2v) is 5.03. The number of aromatic nitrogens is 1. The average molecular weight is 238 g/mol. The summed E-state index contributed by atoms with van der Waals surface area (Å²) in [5.74, 6) is 1.18. The predicted octanol–water partition coefficient (Wildman–Crippen LogP) is 3.39. The van der Waals surface area contributed by atoms with Gasteiger partial charge >= 0.3 is 0 Å². The van der Waals surface area contributed by atoms with Crippen LogP contribution in [0.4, 0.5) is 0 Å². The molecule has 3 heteroatoms. The Kier molecular flexibility index (Phi) is 6.50. The Hall–Kier alpha value is -0.540. The average Bonchev–Trinajstić information content (AvgIpc) is 2.29. The number of rotatable bonds is 7. The number of nitrogens with one attached hydrogen (secondary N) is 1. The van der Waals surface area contributed by atoms with Crippen molar-refractivity contribution < 1.29 is 0 Å². The van der Waals surface area contributed by atoms with Crippen LogP contribution in [0.5, 0.6) is 0 Å². The predicted molar refractivity (Wildman–Crippen MR) is 72.0 cm³/mol. The first kappa shape index (κ1) is 13.5. The minimum absolute atomic E-state index is 0.921. The molecule has 0 saturated carbocycles. The first-order chi connectivity index (χ1) is 7.77. The minimum atomic E-state index is 0.921. The molecular formula is C13H22N2S. The van der Waals surface area contributed by atoms with E-state index in [4.69, 9.17) is 0 Å². The fourth-order valence-electron chi connectivity index (χ4n) is 1.45. The molecule has 1 aromatic rings. The molecule has 0 radical (unpaired) electrons. The first-order valence-electron chi connectivity index (χ1n) is 6.07. The van der Waals surface area contributed by atoms with Crippen molar-refractivity contribution in [2.24, 2.45) is 0 Å². The van der Waals surface area contributed by atoms with E-state index in [2.05, 4.69) is 37.1 Å². The van der Waals surface area contributed by atoms with Gasteiger partial charge in [-0.05, 0) is 36.8 Å². The maximum atomic E-state index is 4.53. The monoisotopic (exact) mass is 238 g/mol. The van der Waals surface area contributed by atoms with Crippen molar-refractivity contribution in [3.05, 3.63) is 23.4 Å². The zero-order valence-corrected chi connectivity index (χ0v) is 11.4. The summed E-state index contributed by atoms with van der Waals surface area (Å²) in [5, 5.41) is 4.51. The molecule has 90 valence electrons. The fourth-order valence-corrected chi connectivity index (χ4v) is 2.49. The van der Waals surface area contributed by atoms with Gasteiger partial charge in [-0.25, -0.2) is 4.98 Å². The maximum absolute atomic E-state index is 4.53. The van der Waals surface area contributed by atoms with E-state index < -0.39 is 0 Å². The molecule has 1 aromatic heterocycles. The Bertz CT molecular complexity index is 313. The van der Waals surface area contributed by atoms with Crippen LogP contribution in [0, 0.1) is 6.92 Å². The van der Waals surface area contributed by atoms with Gasteiger partial charge in [0.25, 0.3) is 0 Å². The van der Waals surface area contributed by atoms with Crippen molar-refractivity contribution in [2.45, 2.75) is 45.2 Å². The summed E-state index contributed by atoms with van der Waals surface area (Å²) in [7, 11) is 0. The molecule has 0 unspecified atom stereocenters. The molecule has 0 aliphatic rings. The van der Waals surface area contributed by atoms with Crippen molar-refractivity contribution >= 4 is 11.8 Å². The first-order valence-corrected chi connectivity index (χ1v) is 7.05. The lowest BCUT2D eigenvalue weighted by atomic mass is 10.2. The molecule has 1 rings (SSSR count).